The molecule has 100 valence electrons. The lowest BCUT2D eigenvalue weighted by Gasteiger charge is -2.25. The van der Waals surface area contributed by atoms with Gasteiger partial charge < -0.3 is 15.8 Å². The molecule has 0 aliphatic carbocycles. The summed E-state index contributed by atoms with van der Waals surface area (Å²) in [6, 6.07) is 0. The fraction of sp³-hybridized carbons (Fsp3) is 0.556. The topological polar surface area (TPSA) is 139 Å². The van der Waals surface area contributed by atoms with Crippen LogP contribution in [0.15, 0.2) is 6.33 Å². The normalized spacial score (nSPS) is 11.1. The van der Waals surface area contributed by atoms with E-state index in [9.17, 15) is 10.1 Å². The first kappa shape index (κ1) is 14.1. The monoisotopic (exact) mass is 256 g/mol. The molecule has 9 nitrogen and oxygen atoms in total. The molecule has 9 heteroatoms. The fourth-order valence-corrected chi connectivity index (χ4v) is 1.41. The Bertz CT molecular complexity index is 436. The number of rotatable bonds is 6. The van der Waals surface area contributed by atoms with Crippen molar-refractivity contribution in [1.29, 1.82) is 0 Å². The third-order valence-corrected chi connectivity index (χ3v) is 2.34. The molecule has 1 aromatic heterocycles. The summed E-state index contributed by atoms with van der Waals surface area (Å²) in [6.07, 6.45) is 1.58. The molecule has 1 rings (SSSR count). The van der Waals surface area contributed by atoms with Gasteiger partial charge in [0, 0.05) is 12.1 Å². The predicted octanol–water partition coefficient (Wildman–Crippen LogP) is 0.243. The number of aliphatic hydroxyl groups is 1. The van der Waals surface area contributed by atoms with Crippen LogP contribution in [0.5, 0.6) is 0 Å². The van der Waals surface area contributed by atoms with Gasteiger partial charge in [0.25, 0.3) is 0 Å². The molecule has 0 unspecified atom stereocenters. The summed E-state index contributed by atoms with van der Waals surface area (Å²) in [6.45, 7) is 3.55. The lowest BCUT2D eigenvalue weighted by Crippen LogP contribution is -2.33. The molecule has 0 aliphatic heterocycles. The zero-order chi connectivity index (χ0) is 13.8. The molecule has 0 atom stereocenters. The highest BCUT2D eigenvalue weighted by Crippen LogP contribution is 2.30. The van der Waals surface area contributed by atoms with Gasteiger partial charge in [0.05, 0.1) is 4.92 Å². The molecule has 1 heterocycles. The first-order valence-corrected chi connectivity index (χ1v) is 5.26. The van der Waals surface area contributed by atoms with Crippen LogP contribution in [0.1, 0.15) is 20.3 Å². The maximum absolute atomic E-state index is 11.0. The van der Waals surface area contributed by atoms with Gasteiger partial charge in [-0.15, -0.1) is 0 Å². The molecule has 0 fully saturated rings. The molecule has 1 aromatic rings. The summed E-state index contributed by atoms with van der Waals surface area (Å²) in [5.74, 6) is 5.15. The maximum atomic E-state index is 11.0. The second-order valence-corrected chi connectivity index (χ2v) is 4.30. The minimum absolute atomic E-state index is 0.0408. The summed E-state index contributed by atoms with van der Waals surface area (Å²) in [7, 11) is 0. The highest BCUT2D eigenvalue weighted by Gasteiger charge is 2.27. The number of hydrogen-bond acceptors (Lipinski definition) is 8. The van der Waals surface area contributed by atoms with Crippen molar-refractivity contribution >= 4 is 17.3 Å². The van der Waals surface area contributed by atoms with Crippen LogP contribution in [-0.4, -0.2) is 32.1 Å². The van der Waals surface area contributed by atoms with Crippen LogP contribution in [-0.2, 0) is 0 Å². The Balaban J connectivity index is 3.12. The molecule has 0 amide bonds. The number of nitrogen functional groups attached to an aromatic ring is 1. The second-order valence-electron chi connectivity index (χ2n) is 4.30. The number of nitrogens with two attached hydrogens (primary N) is 1. The molecule has 0 saturated heterocycles. The van der Waals surface area contributed by atoms with Crippen molar-refractivity contribution < 1.29 is 10.0 Å². The van der Waals surface area contributed by atoms with Crippen molar-refractivity contribution in [2.75, 3.05) is 17.3 Å². The summed E-state index contributed by atoms with van der Waals surface area (Å²) >= 11 is 0. The van der Waals surface area contributed by atoms with Gasteiger partial charge in [-0.05, 0) is 20.3 Å². The van der Waals surface area contributed by atoms with Crippen molar-refractivity contribution in [2.45, 2.75) is 25.8 Å². The van der Waals surface area contributed by atoms with E-state index in [4.69, 9.17) is 10.9 Å². The van der Waals surface area contributed by atoms with E-state index in [0.29, 0.717) is 6.42 Å². The summed E-state index contributed by atoms with van der Waals surface area (Å²) < 4.78 is 0. The molecule has 18 heavy (non-hydrogen) atoms. The van der Waals surface area contributed by atoms with E-state index in [1.165, 1.54) is 6.33 Å². The molecule has 0 aliphatic rings. The van der Waals surface area contributed by atoms with Gasteiger partial charge in [0.15, 0.2) is 0 Å². The lowest BCUT2D eigenvalue weighted by molar-refractivity contribution is -0.383. The number of nitrogens with one attached hydrogen (secondary N) is 2. The van der Waals surface area contributed by atoms with E-state index in [2.05, 4.69) is 20.7 Å². The van der Waals surface area contributed by atoms with Gasteiger partial charge in [0.1, 0.15) is 6.33 Å². The minimum Gasteiger partial charge on any atom is -0.396 e. The smallest absolute Gasteiger partial charge is 0.354 e. The second kappa shape index (κ2) is 5.56. The molecule has 0 radical (unpaired) electrons. The van der Waals surface area contributed by atoms with Crippen LogP contribution in [0, 0.1) is 10.1 Å². The highest BCUT2D eigenvalue weighted by molar-refractivity contribution is 5.69. The zero-order valence-corrected chi connectivity index (χ0v) is 10.2. The molecule has 0 aromatic carbocycles. The van der Waals surface area contributed by atoms with Crippen LogP contribution in [0.4, 0.5) is 17.3 Å². The van der Waals surface area contributed by atoms with E-state index in [-0.39, 0.29) is 23.9 Å². The lowest BCUT2D eigenvalue weighted by atomic mass is 10.0. The largest absolute Gasteiger partial charge is 0.396 e. The van der Waals surface area contributed by atoms with Crippen LogP contribution in [0.2, 0.25) is 0 Å². The Labute approximate surface area is 104 Å². The Morgan fingerprint density at radius 2 is 2.11 bits per heavy atom. The quantitative estimate of drug-likeness (QED) is 0.322. The van der Waals surface area contributed by atoms with E-state index < -0.39 is 10.5 Å². The summed E-state index contributed by atoms with van der Waals surface area (Å²) in [4.78, 5) is 17.9. The number of hydrogen-bond donors (Lipinski definition) is 4. The van der Waals surface area contributed by atoms with Crippen LogP contribution in [0.25, 0.3) is 0 Å². The third kappa shape index (κ3) is 3.25. The number of aliphatic hydroxyl groups excluding tert-OH is 1. The van der Waals surface area contributed by atoms with E-state index >= 15 is 0 Å². The fourth-order valence-electron chi connectivity index (χ4n) is 1.41. The highest BCUT2D eigenvalue weighted by atomic mass is 16.6. The van der Waals surface area contributed by atoms with Gasteiger partial charge in [-0.25, -0.2) is 15.8 Å². The standard InChI is InChI=1S/C9H16N6O3/c1-9(2,3-4-16)13-7-6(15(17)18)8(14-10)12-5-11-7/h5,16H,3-4,10H2,1-2H3,(H2,11,12,13,14). The van der Waals surface area contributed by atoms with Crippen molar-refractivity contribution in [3.63, 3.8) is 0 Å². The van der Waals surface area contributed by atoms with Crippen LogP contribution < -0.4 is 16.6 Å². The summed E-state index contributed by atoms with van der Waals surface area (Å²) in [5, 5.41) is 22.8. The van der Waals surface area contributed by atoms with Gasteiger partial charge >= 0.3 is 5.69 Å². The van der Waals surface area contributed by atoms with E-state index in [0.717, 1.165) is 0 Å². The summed E-state index contributed by atoms with van der Waals surface area (Å²) in [5.41, 5.74) is 1.28. The molecule has 5 N–H and O–H groups in total. The van der Waals surface area contributed by atoms with Crippen LogP contribution in [0.3, 0.4) is 0 Å². The molecule has 0 bridgehead atoms. The Morgan fingerprint density at radius 1 is 1.50 bits per heavy atom. The van der Waals surface area contributed by atoms with Crippen molar-refractivity contribution in [3.8, 4) is 0 Å². The molecule has 0 saturated carbocycles. The zero-order valence-electron chi connectivity index (χ0n) is 10.2. The first-order valence-electron chi connectivity index (χ1n) is 5.26. The van der Waals surface area contributed by atoms with Gasteiger partial charge in [-0.2, -0.15) is 0 Å². The number of hydrazine groups is 1. The van der Waals surface area contributed by atoms with Gasteiger partial charge in [-0.3, -0.25) is 10.1 Å². The molecule has 0 spiro atoms. The number of nitro groups is 1. The first-order chi connectivity index (χ1) is 8.41. The SMILES string of the molecule is CC(C)(CCO)Nc1ncnc(NN)c1[N+](=O)[O-]. The van der Waals surface area contributed by atoms with Gasteiger partial charge in [0.2, 0.25) is 11.6 Å². The molecular formula is C9H16N6O3. The average Bonchev–Trinajstić information content (AvgIpc) is 2.27. The van der Waals surface area contributed by atoms with Crippen LogP contribution >= 0.6 is 0 Å². The van der Waals surface area contributed by atoms with Crippen molar-refractivity contribution in [1.82, 2.24) is 9.97 Å². The maximum Gasteiger partial charge on any atom is 0.354 e. The van der Waals surface area contributed by atoms with Crippen molar-refractivity contribution in [3.05, 3.63) is 16.4 Å². The van der Waals surface area contributed by atoms with Crippen molar-refractivity contribution in [2.24, 2.45) is 5.84 Å². The van der Waals surface area contributed by atoms with Gasteiger partial charge in [-0.1, -0.05) is 0 Å². The Kier molecular flexibility index (Phi) is 4.34. The molecular weight excluding hydrogens is 240 g/mol. The average molecular weight is 256 g/mol. The Morgan fingerprint density at radius 3 is 2.61 bits per heavy atom. The Hall–Kier alpha value is -2.00. The van der Waals surface area contributed by atoms with E-state index in [1.807, 2.05) is 0 Å². The predicted molar refractivity (Wildman–Crippen MR) is 65.9 cm³/mol. The minimum atomic E-state index is -0.618. The number of aromatic nitrogens is 2. The van der Waals surface area contributed by atoms with E-state index in [1.54, 1.807) is 13.8 Å². The number of nitrogens with zero attached hydrogens (tertiary/aromatic N) is 3. The number of anilines is 2. The third-order valence-electron chi connectivity index (χ3n) is 2.34.